The minimum atomic E-state index is 0.353. The lowest BCUT2D eigenvalue weighted by Gasteiger charge is -2.30. The molecule has 2 nitrogen and oxygen atoms in total. The third kappa shape index (κ3) is 4.82. The van der Waals surface area contributed by atoms with Crippen LogP contribution < -0.4 is 5.32 Å². The predicted octanol–water partition coefficient (Wildman–Crippen LogP) is 4.13. The van der Waals surface area contributed by atoms with Crippen molar-refractivity contribution in [2.24, 2.45) is 11.8 Å². The molecule has 0 spiro atoms. The van der Waals surface area contributed by atoms with Gasteiger partial charge in [0.1, 0.15) is 5.75 Å². The van der Waals surface area contributed by atoms with Crippen molar-refractivity contribution < 1.29 is 5.11 Å². The molecule has 1 aliphatic carbocycles. The summed E-state index contributed by atoms with van der Waals surface area (Å²) in [6.07, 6.45) is 7.89. The number of nitrogens with one attached hydrogen (secondary N) is 1. The van der Waals surface area contributed by atoms with Crippen LogP contribution in [0.15, 0.2) is 24.3 Å². The summed E-state index contributed by atoms with van der Waals surface area (Å²) in [6.45, 7) is 5.87. The first-order valence-electron chi connectivity index (χ1n) is 8.16. The summed E-state index contributed by atoms with van der Waals surface area (Å²) in [5, 5.41) is 13.0. The number of aryl methyl sites for hydroxylation is 1. The van der Waals surface area contributed by atoms with Crippen molar-refractivity contribution in [3.8, 4) is 5.75 Å². The van der Waals surface area contributed by atoms with E-state index in [2.05, 4.69) is 19.2 Å². The Hall–Kier alpha value is -1.02. The zero-order valence-corrected chi connectivity index (χ0v) is 12.9. The fourth-order valence-corrected chi connectivity index (χ4v) is 3.20. The molecule has 20 heavy (non-hydrogen) atoms. The molecule has 0 saturated heterocycles. The lowest BCUT2D eigenvalue weighted by molar-refractivity contribution is 0.241. The highest BCUT2D eigenvalue weighted by molar-refractivity contribution is 5.25. The number of benzene rings is 1. The van der Waals surface area contributed by atoms with Crippen LogP contribution in [0.3, 0.4) is 0 Å². The average molecular weight is 275 g/mol. The van der Waals surface area contributed by atoms with Crippen molar-refractivity contribution in [2.45, 2.75) is 58.4 Å². The molecule has 3 atom stereocenters. The van der Waals surface area contributed by atoms with Gasteiger partial charge < -0.3 is 10.4 Å². The normalized spacial score (nSPS) is 24.5. The van der Waals surface area contributed by atoms with Gasteiger partial charge in [-0.05, 0) is 62.3 Å². The maximum Gasteiger partial charge on any atom is 0.115 e. The first-order valence-corrected chi connectivity index (χ1v) is 8.16. The van der Waals surface area contributed by atoms with E-state index in [4.69, 9.17) is 0 Å². The number of phenolic OH excluding ortho intramolecular Hbond substituents is 1. The second-order valence-corrected chi connectivity index (χ2v) is 6.54. The maximum absolute atomic E-state index is 9.28. The summed E-state index contributed by atoms with van der Waals surface area (Å²) < 4.78 is 0. The van der Waals surface area contributed by atoms with Gasteiger partial charge in [-0.15, -0.1) is 0 Å². The third-order valence-electron chi connectivity index (χ3n) is 4.82. The zero-order chi connectivity index (χ0) is 14.4. The van der Waals surface area contributed by atoms with Gasteiger partial charge in [0.15, 0.2) is 0 Å². The Kier molecular flexibility index (Phi) is 5.90. The molecule has 1 aliphatic rings. The SMILES string of the molecule is CC(CCc1ccc(O)cc1)NCC1CCCCC1C. The molecule has 2 rings (SSSR count). The molecule has 0 bridgehead atoms. The second-order valence-electron chi connectivity index (χ2n) is 6.54. The average Bonchev–Trinajstić information content (AvgIpc) is 2.46. The molecule has 0 aliphatic heterocycles. The van der Waals surface area contributed by atoms with Gasteiger partial charge in [0.2, 0.25) is 0 Å². The number of phenols is 1. The largest absolute Gasteiger partial charge is 0.508 e. The van der Waals surface area contributed by atoms with Gasteiger partial charge >= 0.3 is 0 Å². The fourth-order valence-electron chi connectivity index (χ4n) is 3.20. The molecular weight excluding hydrogens is 246 g/mol. The first-order chi connectivity index (χ1) is 9.65. The molecule has 1 aromatic rings. The lowest BCUT2D eigenvalue weighted by Crippen LogP contribution is -2.35. The van der Waals surface area contributed by atoms with Gasteiger partial charge in [-0.1, -0.05) is 38.3 Å². The van der Waals surface area contributed by atoms with E-state index in [1.54, 1.807) is 12.1 Å². The number of hydrogen-bond acceptors (Lipinski definition) is 2. The van der Waals surface area contributed by atoms with E-state index in [1.807, 2.05) is 12.1 Å². The Balaban J connectivity index is 1.67. The summed E-state index contributed by atoms with van der Waals surface area (Å²) >= 11 is 0. The van der Waals surface area contributed by atoms with Crippen molar-refractivity contribution in [1.29, 1.82) is 0 Å². The molecule has 0 radical (unpaired) electrons. The molecule has 112 valence electrons. The van der Waals surface area contributed by atoms with Crippen LogP contribution in [0.2, 0.25) is 0 Å². The summed E-state index contributed by atoms with van der Waals surface area (Å²) in [5.41, 5.74) is 1.31. The molecule has 3 unspecified atom stereocenters. The van der Waals surface area contributed by atoms with Gasteiger partial charge in [0.05, 0.1) is 0 Å². The number of aromatic hydroxyl groups is 1. The van der Waals surface area contributed by atoms with E-state index in [9.17, 15) is 5.11 Å². The smallest absolute Gasteiger partial charge is 0.115 e. The van der Waals surface area contributed by atoms with Crippen LogP contribution in [-0.4, -0.2) is 17.7 Å². The molecule has 1 fully saturated rings. The van der Waals surface area contributed by atoms with Crippen molar-refractivity contribution in [3.05, 3.63) is 29.8 Å². The van der Waals surface area contributed by atoms with Gasteiger partial charge in [-0.3, -0.25) is 0 Å². The van der Waals surface area contributed by atoms with Crippen LogP contribution in [0.25, 0.3) is 0 Å². The molecule has 1 aromatic carbocycles. The van der Waals surface area contributed by atoms with Crippen LogP contribution in [0, 0.1) is 11.8 Å². The standard InChI is InChI=1S/C18H29NO/c1-14-5-3-4-6-17(14)13-19-15(2)7-8-16-9-11-18(20)12-10-16/h9-12,14-15,17,19-20H,3-8,13H2,1-2H3. The Morgan fingerprint density at radius 2 is 1.90 bits per heavy atom. The number of hydrogen-bond donors (Lipinski definition) is 2. The molecule has 0 amide bonds. The van der Waals surface area contributed by atoms with Crippen molar-refractivity contribution in [2.75, 3.05) is 6.54 Å². The topological polar surface area (TPSA) is 32.3 Å². The van der Waals surface area contributed by atoms with Crippen LogP contribution in [0.4, 0.5) is 0 Å². The fraction of sp³-hybridized carbons (Fsp3) is 0.667. The molecule has 2 heteroatoms. The predicted molar refractivity (Wildman–Crippen MR) is 85.0 cm³/mol. The summed E-state index contributed by atoms with van der Waals surface area (Å²) in [5.74, 6) is 2.12. The number of rotatable bonds is 6. The Labute approximate surface area is 123 Å². The highest BCUT2D eigenvalue weighted by Crippen LogP contribution is 2.29. The van der Waals surface area contributed by atoms with Crippen LogP contribution in [-0.2, 0) is 6.42 Å². The van der Waals surface area contributed by atoms with Crippen LogP contribution in [0.5, 0.6) is 5.75 Å². The lowest BCUT2D eigenvalue weighted by atomic mass is 9.80. The highest BCUT2D eigenvalue weighted by Gasteiger charge is 2.21. The summed E-state index contributed by atoms with van der Waals surface area (Å²) in [4.78, 5) is 0. The summed E-state index contributed by atoms with van der Waals surface area (Å²) in [7, 11) is 0. The second kappa shape index (κ2) is 7.68. The molecule has 0 heterocycles. The quantitative estimate of drug-likeness (QED) is 0.818. The Morgan fingerprint density at radius 3 is 2.60 bits per heavy atom. The summed E-state index contributed by atoms with van der Waals surface area (Å²) in [6, 6.07) is 8.16. The minimum absolute atomic E-state index is 0.353. The van der Waals surface area contributed by atoms with E-state index in [1.165, 1.54) is 37.8 Å². The monoisotopic (exact) mass is 275 g/mol. The molecule has 2 N–H and O–H groups in total. The van der Waals surface area contributed by atoms with Crippen LogP contribution in [0.1, 0.15) is 51.5 Å². The Bertz CT molecular complexity index is 387. The van der Waals surface area contributed by atoms with E-state index in [0.29, 0.717) is 11.8 Å². The van der Waals surface area contributed by atoms with E-state index < -0.39 is 0 Å². The minimum Gasteiger partial charge on any atom is -0.508 e. The zero-order valence-electron chi connectivity index (χ0n) is 12.9. The van der Waals surface area contributed by atoms with Crippen LogP contribution >= 0.6 is 0 Å². The van der Waals surface area contributed by atoms with Crippen molar-refractivity contribution >= 4 is 0 Å². The first kappa shape index (κ1) is 15.4. The third-order valence-corrected chi connectivity index (χ3v) is 4.82. The van der Waals surface area contributed by atoms with Gasteiger partial charge in [0, 0.05) is 6.04 Å². The highest BCUT2D eigenvalue weighted by atomic mass is 16.3. The molecule has 0 aromatic heterocycles. The Morgan fingerprint density at radius 1 is 1.20 bits per heavy atom. The molecular formula is C18H29NO. The van der Waals surface area contributed by atoms with E-state index in [0.717, 1.165) is 24.7 Å². The van der Waals surface area contributed by atoms with E-state index in [-0.39, 0.29) is 0 Å². The van der Waals surface area contributed by atoms with E-state index >= 15 is 0 Å². The van der Waals surface area contributed by atoms with Gasteiger partial charge in [-0.2, -0.15) is 0 Å². The maximum atomic E-state index is 9.28. The molecule has 1 saturated carbocycles. The van der Waals surface area contributed by atoms with Crippen molar-refractivity contribution in [1.82, 2.24) is 5.32 Å². The van der Waals surface area contributed by atoms with Gasteiger partial charge in [0.25, 0.3) is 0 Å². The van der Waals surface area contributed by atoms with Crippen molar-refractivity contribution in [3.63, 3.8) is 0 Å². The van der Waals surface area contributed by atoms with Gasteiger partial charge in [-0.25, -0.2) is 0 Å².